The molecule has 0 aromatic carbocycles. The average Bonchev–Trinajstić information content (AvgIpc) is 2.33. The van der Waals surface area contributed by atoms with Crippen molar-refractivity contribution in [2.45, 2.75) is 84.4 Å². The predicted molar refractivity (Wildman–Crippen MR) is 80.0 cm³/mol. The summed E-state index contributed by atoms with van der Waals surface area (Å²) < 4.78 is 5.74. The molecule has 2 atom stereocenters. The molecule has 0 heterocycles. The molecule has 0 saturated carbocycles. The molecule has 4 nitrogen and oxygen atoms in total. The van der Waals surface area contributed by atoms with Gasteiger partial charge in [-0.25, -0.2) is 0 Å². The van der Waals surface area contributed by atoms with Crippen LogP contribution in [0.15, 0.2) is 0 Å². The first-order valence-corrected chi connectivity index (χ1v) is 7.64. The summed E-state index contributed by atoms with van der Waals surface area (Å²) in [5.41, 5.74) is 5.36. The van der Waals surface area contributed by atoms with Gasteiger partial charge in [-0.05, 0) is 19.8 Å². The molecule has 1 amide bonds. The van der Waals surface area contributed by atoms with Gasteiger partial charge < -0.3 is 15.8 Å². The maximum atomic E-state index is 11.3. The molecule has 2 unspecified atom stereocenters. The van der Waals surface area contributed by atoms with Crippen molar-refractivity contribution >= 4 is 5.91 Å². The fourth-order valence-electron chi connectivity index (χ4n) is 2.04. The number of amides is 1. The smallest absolute Gasteiger partial charge is 0.234 e. The first-order chi connectivity index (χ1) is 8.97. The van der Waals surface area contributed by atoms with Crippen LogP contribution in [0.3, 0.4) is 0 Å². The van der Waals surface area contributed by atoms with Gasteiger partial charge in [0.05, 0.1) is 12.1 Å². The molecule has 0 aromatic heterocycles. The summed E-state index contributed by atoms with van der Waals surface area (Å²) in [4.78, 5) is 11.3. The summed E-state index contributed by atoms with van der Waals surface area (Å²) in [6.45, 7) is 8.91. The first-order valence-electron chi connectivity index (χ1n) is 7.64. The maximum Gasteiger partial charge on any atom is 0.234 e. The fraction of sp³-hybridized carbons (Fsp3) is 0.933. The Labute approximate surface area is 118 Å². The molecule has 19 heavy (non-hydrogen) atoms. The molecule has 114 valence electrons. The molecule has 0 rings (SSSR count). The predicted octanol–water partition coefficient (Wildman–Crippen LogP) is 2.60. The molecule has 0 aliphatic carbocycles. The van der Waals surface area contributed by atoms with E-state index in [-0.39, 0.29) is 24.1 Å². The standard InChI is InChI=1S/C15H32N2O2/c1-5-6-7-8-9-13(4)19-11-10-14(15(16)18)17-12(2)3/h12-14,17H,5-11H2,1-4H3,(H2,16,18). The van der Waals surface area contributed by atoms with Crippen LogP contribution in [0.25, 0.3) is 0 Å². The van der Waals surface area contributed by atoms with Crippen LogP contribution in [0, 0.1) is 0 Å². The number of nitrogens with one attached hydrogen (secondary N) is 1. The lowest BCUT2D eigenvalue weighted by molar-refractivity contribution is -0.120. The van der Waals surface area contributed by atoms with Gasteiger partial charge in [-0.2, -0.15) is 0 Å². The van der Waals surface area contributed by atoms with Crippen LogP contribution < -0.4 is 11.1 Å². The second-order valence-corrected chi connectivity index (χ2v) is 5.60. The zero-order valence-electron chi connectivity index (χ0n) is 13.1. The number of hydrogen-bond donors (Lipinski definition) is 2. The second kappa shape index (κ2) is 11.2. The Balaban J connectivity index is 3.70. The van der Waals surface area contributed by atoms with Crippen molar-refractivity contribution in [2.75, 3.05) is 6.61 Å². The van der Waals surface area contributed by atoms with Gasteiger partial charge in [0.2, 0.25) is 5.91 Å². The van der Waals surface area contributed by atoms with Crippen molar-refractivity contribution in [3.05, 3.63) is 0 Å². The van der Waals surface area contributed by atoms with E-state index >= 15 is 0 Å². The Bertz CT molecular complexity index is 232. The lowest BCUT2D eigenvalue weighted by Crippen LogP contribution is -2.45. The largest absolute Gasteiger partial charge is 0.378 e. The molecule has 0 bridgehead atoms. The van der Waals surface area contributed by atoms with Crippen molar-refractivity contribution < 1.29 is 9.53 Å². The summed E-state index contributed by atoms with van der Waals surface area (Å²) in [5, 5.41) is 3.16. The number of nitrogens with two attached hydrogens (primary N) is 1. The van der Waals surface area contributed by atoms with Crippen LogP contribution in [0.4, 0.5) is 0 Å². The molecular weight excluding hydrogens is 240 g/mol. The summed E-state index contributed by atoms with van der Waals surface area (Å²) in [5.74, 6) is -0.298. The van der Waals surface area contributed by atoms with Gasteiger partial charge in [-0.3, -0.25) is 4.79 Å². The number of hydrogen-bond acceptors (Lipinski definition) is 3. The number of carbonyl (C=O) groups excluding carboxylic acids is 1. The monoisotopic (exact) mass is 272 g/mol. The third-order valence-corrected chi connectivity index (χ3v) is 3.15. The molecule has 0 aromatic rings. The molecule has 4 heteroatoms. The fourth-order valence-corrected chi connectivity index (χ4v) is 2.04. The number of carbonyl (C=O) groups is 1. The van der Waals surface area contributed by atoms with Gasteiger partial charge in [0, 0.05) is 12.6 Å². The zero-order chi connectivity index (χ0) is 14.7. The van der Waals surface area contributed by atoms with Crippen molar-refractivity contribution in [3.8, 4) is 0 Å². The normalized spacial score (nSPS) is 14.6. The van der Waals surface area contributed by atoms with Crippen molar-refractivity contribution in [2.24, 2.45) is 5.73 Å². The Morgan fingerprint density at radius 1 is 1.16 bits per heavy atom. The zero-order valence-corrected chi connectivity index (χ0v) is 13.1. The molecule has 0 radical (unpaired) electrons. The van der Waals surface area contributed by atoms with Gasteiger partial charge >= 0.3 is 0 Å². The molecule has 0 saturated heterocycles. The van der Waals surface area contributed by atoms with E-state index in [1.165, 1.54) is 25.7 Å². The van der Waals surface area contributed by atoms with Gasteiger partial charge in [0.25, 0.3) is 0 Å². The number of unbranched alkanes of at least 4 members (excludes halogenated alkanes) is 3. The summed E-state index contributed by atoms with van der Waals surface area (Å²) >= 11 is 0. The first kappa shape index (κ1) is 18.4. The summed E-state index contributed by atoms with van der Waals surface area (Å²) in [6, 6.07) is -0.0312. The van der Waals surface area contributed by atoms with Crippen LogP contribution in [-0.4, -0.2) is 30.7 Å². The van der Waals surface area contributed by atoms with E-state index in [1.54, 1.807) is 0 Å². The minimum atomic E-state index is -0.298. The number of ether oxygens (including phenoxy) is 1. The Kier molecular flexibility index (Phi) is 10.9. The summed E-state index contributed by atoms with van der Waals surface area (Å²) in [6.07, 6.45) is 7.07. The van der Waals surface area contributed by atoms with Crippen molar-refractivity contribution in [1.29, 1.82) is 0 Å². The third-order valence-electron chi connectivity index (χ3n) is 3.15. The van der Waals surface area contributed by atoms with Crippen molar-refractivity contribution in [3.63, 3.8) is 0 Å². The van der Waals surface area contributed by atoms with E-state index < -0.39 is 0 Å². The van der Waals surface area contributed by atoms with E-state index in [1.807, 2.05) is 13.8 Å². The quantitative estimate of drug-likeness (QED) is 0.537. The van der Waals surface area contributed by atoms with Gasteiger partial charge in [0.1, 0.15) is 0 Å². The van der Waals surface area contributed by atoms with E-state index in [4.69, 9.17) is 10.5 Å². The minimum Gasteiger partial charge on any atom is -0.378 e. The van der Waals surface area contributed by atoms with Crippen LogP contribution in [0.5, 0.6) is 0 Å². The van der Waals surface area contributed by atoms with Crippen LogP contribution in [0.2, 0.25) is 0 Å². The van der Waals surface area contributed by atoms with Crippen LogP contribution in [0.1, 0.15) is 66.2 Å². The van der Waals surface area contributed by atoms with E-state index in [0.29, 0.717) is 13.0 Å². The number of rotatable bonds is 12. The average molecular weight is 272 g/mol. The lowest BCUT2D eigenvalue weighted by Gasteiger charge is -2.19. The van der Waals surface area contributed by atoms with Crippen LogP contribution >= 0.6 is 0 Å². The van der Waals surface area contributed by atoms with Crippen LogP contribution in [-0.2, 0) is 9.53 Å². The highest BCUT2D eigenvalue weighted by Gasteiger charge is 2.16. The van der Waals surface area contributed by atoms with E-state index in [2.05, 4.69) is 19.2 Å². The minimum absolute atomic E-state index is 0.254. The van der Waals surface area contributed by atoms with Gasteiger partial charge in [-0.1, -0.05) is 46.5 Å². The van der Waals surface area contributed by atoms with Gasteiger partial charge in [0.15, 0.2) is 0 Å². The Hall–Kier alpha value is -0.610. The second-order valence-electron chi connectivity index (χ2n) is 5.60. The number of primary amides is 1. The molecule has 3 N–H and O–H groups in total. The molecule has 0 aliphatic rings. The highest BCUT2D eigenvalue weighted by molar-refractivity contribution is 5.79. The lowest BCUT2D eigenvalue weighted by atomic mass is 10.1. The summed E-state index contributed by atoms with van der Waals surface area (Å²) in [7, 11) is 0. The molecule has 0 fully saturated rings. The van der Waals surface area contributed by atoms with Gasteiger partial charge in [-0.15, -0.1) is 0 Å². The Morgan fingerprint density at radius 2 is 1.84 bits per heavy atom. The molecule has 0 spiro atoms. The van der Waals surface area contributed by atoms with E-state index in [9.17, 15) is 4.79 Å². The Morgan fingerprint density at radius 3 is 2.37 bits per heavy atom. The topological polar surface area (TPSA) is 64.3 Å². The van der Waals surface area contributed by atoms with Crippen molar-refractivity contribution in [1.82, 2.24) is 5.32 Å². The van der Waals surface area contributed by atoms with E-state index in [0.717, 1.165) is 6.42 Å². The SMILES string of the molecule is CCCCCCC(C)OCCC(NC(C)C)C(N)=O. The molecule has 0 aliphatic heterocycles. The maximum absolute atomic E-state index is 11.3. The molecular formula is C15H32N2O2. The highest BCUT2D eigenvalue weighted by Crippen LogP contribution is 2.08. The highest BCUT2D eigenvalue weighted by atomic mass is 16.5. The third kappa shape index (κ3) is 11.0.